The number of nitrogens with one attached hydrogen (secondary N) is 1. The molecule has 1 fully saturated rings. The molecule has 1 saturated carbocycles. The lowest BCUT2D eigenvalue weighted by Crippen LogP contribution is -2.30. The highest BCUT2D eigenvalue weighted by Gasteiger charge is 2.15. The van der Waals surface area contributed by atoms with Gasteiger partial charge in [-0.2, -0.15) is 0 Å². The van der Waals surface area contributed by atoms with Crippen LogP contribution in [-0.2, 0) is 0 Å². The minimum Gasteiger partial charge on any atom is -0.493 e. The van der Waals surface area contributed by atoms with Gasteiger partial charge in [0, 0.05) is 13.1 Å². The predicted octanol–water partition coefficient (Wildman–Crippen LogP) is 5.98. The van der Waals surface area contributed by atoms with Crippen LogP contribution < -0.4 is 15.2 Å². The van der Waals surface area contributed by atoms with Gasteiger partial charge in [0.05, 0.1) is 17.5 Å². The molecule has 0 saturated heterocycles. The van der Waals surface area contributed by atoms with E-state index in [2.05, 4.69) is 45.7 Å². The molecule has 2 aromatic carbocycles. The number of fused-ring (bicyclic) bond motifs is 1. The molecule has 0 spiro atoms. The average molecular weight is 444 g/mol. The Hall–Kier alpha value is -3.34. The summed E-state index contributed by atoms with van der Waals surface area (Å²) in [6, 6.07) is 15.6. The molecule has 0 radical (unpaired) electrons. The monoisotopic (exact) mass is 443 g/mol. The Morgan fingerprint density at radius 3 is 2.73 bits per heavy atom. The van der Waals surface area contributed by atoms with E-state index >= 15 is 0 Å². The molecule has 33 heavy (non-hydrogen) atoms. The van der Waals surface area contributed by atoms with Gasteiger partial charge in [-0.3, -0.25) is 9.78 Å². The number of aromatic nitrogens is 2. The van der Waals surface area contributed by atoms with Crippen molar-refractivity contribution in [1.29, 1.82) is 0 Å². The fourth-order valence-electron chi connectivity index (χ4n) is 4.30. The van der Waals surface area contributed by atoms with Gasteiger partial charge in [0.15, 0.2) is 0 Å². The zero-order valence-electron chi connectivity index (χ0n) is 19.4. The highest BCUT2D eigenvalue weighted by molar-refractivity contribution is 5.78. The van der Waals surface area contributed by atoms with Crippen molar-refractivity contribution in [3.8, 4) is 5.75 Å². The number of ether oxygens (including phenoxy) is 1. The third-order valence-electron chi connectivity index (χ3n) is 6.25. The van der Waals surface area contributed by atoms with Crippen molar-refractivity contribution in [2.24, 2.45) is 5.92 Å². The van der Waals surface area contributed by atoms with Crippen molar-refractivity contribution in [2.75, 3.05) is 24.6 Å². The highest BCUT2D eigenvalue weighted by atomic mass is 16.5. The summed E-state index contributed by atoms with van der Waals surface area (Å²) in [6.45, 7) is 8.55. The first-order valence-corrected chi connectivity index (χ1v) is 11.9. The largest absolute Gasteiger partial charge is 0.493 e. The summed E-state index contributed by atoms with van der Waals surface area (Å²) in [5, 5.41) is 0.642. The Balaban J connectivity index is 0.000000157. The Bertz CT molecular complexity index is 1170. The van der Waals surface area contributed by atoms with Crippen LogP contribution in [0.2, 0.25) is 0 Å². The third kappa shape index (κ3) is 6.13. The molecule has 0 unspecified atom stereocenters. The molecule has 2 aliphatic rings. The Labute approximate surface area is 195 Å². The standard InChI is InChI=1S/C15H20O.C13H13N3O/c1-12(2)14-8-5-9-15(10-14)16-11-13-6-3-4-7-13;17-12-10-6-2-3-7-11(10)14-13(15-12)16-8-4-1-5-9-16/h5,8-10,13H,1,3-4,6-7,11H2,2H3;1-4,6-7H,5,8-9H2,(H,14,15,17). The summed E-state index contributed by atoms with van der Waals surface area (Å²) in [4.78, 5) is 21.3. The van der Waals surface area contributed by atoms with E-state index in [0.29, 0.717) is 11.3 Å². The van der Waals surface area contributed by atoms with E-state index in [1.807, 2.05) is 37.3 Å². The number of H-pyrrole nitrogens is 1. The first-order chi connectivity index (χ1) is 16.1. The van der Waals surface area contributed by atoms with Crippen LogP contribution in [-0.4, -0.2) is 29.7 Å². The summed E-state index contributed by atoms with van der Waals surface area (Å²) >= 11 is 0. The molecule has 5 rings (SSSR count). The van der Waals surface area contributed by atoms with Crippen LogP contribution in [0.1, 0.15) is 44.6 Å². The molecule has 0 bridgehead atoms. The lowest BCUT2D eigenvalue weighted by Gasteiger charge is -2.23. The van der Waals surface area contributed by atoms with Crippen LogP contribution >= 0.6 is 0 Å². The molecule has 5 heteroatoms. The van der Waals surface area contributed by atoms with E-state index in [0.717, 1.165) is 48.9 Å². The van der Waals surface area contributed by atoms with E-state index in [1.165, 1.54) is 31.2 Å². The first kappa shape index (κ1) is 22.8. The molecule has 1 N–H and O–H groups in total. The van der Waals surface area contributed by atoms with Gasteiger partial charge in [-0.1, -0.05) is 61.4 Å². The molecular formula is C28H33N3O2. The molecule has 0 amide bonds. The number of rotatable bonds is 5. The molecule has 1 aromatic heterocycles. The first-order valence-electron chi connectivity index (χ1n) is 11.9. The molecule has 0 atom stereocenters. The minimum atomic E-state index is -0.0693. The summed E-state index contributed by atoms with van der Waals surface area (Å²) in [6.07, 6.45) is 10.7. The molecule has 172 valence electrons. The molecule has 1 aliphatic carbocycles. The lowest BCUT2D eigenvalue weighted by atomic mass is 10.1. The minimum absolute atomic E-state index is 0.0693. The van der Waals surface area contributed by atoms with Gasteiger partial charge in [0.1, 0.15) is 5.75 Å². The summed E-state index contributed by atoms with van der Waals surface area (Å²) in [5.41, 5.74) is 2.94. The Morgan fingerprint density at radius 2 is 1.97 bits per heavy atom. The Kier molecular flexibility index (Phi) is 7.61. The number of nitrogens with zero attached hydrogens (tertiary/aromatic N) is 2. The number of hydrogen-bond acceptors (Lipinski definition) is 4. The van der Waals surface area contributed by atoms with E-state index in [1.54, 1.807) is 6.07 Å². The van der Waals surface area contributed by atoms with Crippen LogP contribution in [0.25, 0.3) is 16.5 Å². The van der Waals surface area contributed by atoms with Gasteiger partial charge in [-0.15, -0.1) is 0 Å². The number of allylic oxidation sites excluding steroid dienone is 1. The van der Waals surface area contributed by atoms with Crippen LogP contribution in [0.3, 0.4) is 0 Å². The highest BCUT2D eigenvalue weighted by Crippen LogP contribution is 2.26. The number of hydrogen-bond donors (Lipinski definition) is 1. The van der Waals surface area contributed by atoms with E-state index in [9.17, 15) is 4.79 Å². The second-order valence-corrected chi connectivity index (χ2v) is 8.88. The van der Waals surface area contributed by atoms with E-state index in [-0.39, 0.29) is 5.56 Å². The maximum absolute atomic E-state index is 11.9. The summed E-state index contributed by atoms with van der Waals surface area (Å²) < 4.78 is 5.84. The van der Waals surface area contributed by atoms with Crippen molar-refractivity contribution < 1.29 is 4.74 Å². The van der Waals surface area contributed by atoms with Gasteiger partial charge in [-0.05, 0) is 61.9 Å². The van der Waals surface area contributed by atoms with Crippen LogP contribution in [0.15, 0.2) is 72.1 Å². The number of para-hydroxylation sites is 1. The second-order valence-electron chi connectivity index (χ2n) is 8.88. The smallest absolute Gasteiger partial charge is 0.260 e. The molecule has 2 heterocycles. The third-order valence-corrected chi connectivity index (χ3v) is 6.25. The normalized spacial score (nSPS) is 15.8. The predicted molar refractivity (Wildman–Crippen MR) is 137 cm³/mol. The summed E-state index contributed by atoms with van der Waals surface area (Å²) in [5.74, 6) is 2.42. The second kappa shape index (κ2) is 11.0. The zero-order valence-corrected chi connectivity index (χ0v) is 19.4. The van der Waals surface area contributed by atoms with Crippen LogP contribution in [0.5, 0.6) is 5.75 Å². The van der Waals surface area contributed by atoms with E-state index in [4.69, 9.17) is 4.74 Å². The maximum atomic E-state index is 11.9. The van der Waals surface area contributed by atoms with Crippen LogP contribution in [0.4, 0.5) is 5.95 Å². The molecular weight excluding hydrogens is 410 g/mol. The maximum Gasteiger partial charge on any atom is 0.260 e. The average Bonchev–Trinajstić information content (AvgIpc) is 3.38. The Morgan fingerprint density at radius 1 is 1.15 bits per heavy atom. The van der Waals surface area contributed by atoms with Gasteiger partial charge in [0.25, 0.3) is 5.56 Å². The number of aromatic amines is 1. The molecule has 1 aliphatic heterocycles. The summed E-state index contributed by atoms with van der Waals surface area (Å²) in [7, 11) is 0. The lowest BCUT2D eigenvalue weighted by molar-refractivity contribution is 0.252. The van der Waals surface area contributed by atoms with Crippen molar-refractivity contribution >= 4 is 22.4 Å². The van der Waals surface area contributed by atoms with Gasteiger partial charge in [-0.25, -0.2) is 4.98 Å². The quantitative estimate of drug-likeness (QED) is 0.493. The zero-order chi connectivity index (χ0) is 23.0. The number of benzene rings is 2. The van der Waals surface area contributed by atoms with Crippen molar-refractivity contribution in [1.82, 2.24) is 9.97 Å². The van der Waals surface area contributed by atoms with Crippen molar-refractivity contribution in [2.45, 2.75) is 39.0 Å². The SMILES string of the molecule is C=C(C)c1cccc(OCC2CCCC2)c1.O=c1[nH]c(N2CC=CCC2)nc2ccccc12. The number of anilines is 1. The molecule has 5 nitrogen and oxygen atoms in total. The van der Waals surface area contributed by atoms with Crippen molar-refractivity contribution in [3.63, 3.8) is 0 Å². The topological polar surface area (TPSA) is 58.2 Å². The van der Waals surface area contributed by atoms with Gasteiger partial charge >= 0.3 is 0 Å². The van der Waals surface area contributed by atoms with Crippen LogP contribution in [0, 0.1) is 5.92 Å². The molecule has 3 aromatic rings. The van der Waals surface area contributed by atoms with Crippen molar-refractivity contribution in [3.05, 3.63) is 83.2 Å². The fourth-order valence-corrected chi connectivity index (χ4v) is 4.30. The fraction of sp³-hybridized carbons (Fsp3) is 0.357. The van der Waals surface area contributed by atoms with Gasteiger partial charge in [0.2, 0.25) is 5.95 Å². The van der Waals surface area contributed by atoms with E-state index < -0.39 is 0 Å². The van der Waals surface area contributed by atoms with Gasteiger partial charge < -0.3 is 9.64 Å².